The molecule has 1 N–H and O–H groups in total. The number of benzene rings is 1. The summed E-state index contributed by atoms with van der Waals surface area (Å²) in [4.78, 5) is 5.31. The molecule has 1 aromatic carbocycles. The normalized spacial score (nSPS) is 10.6. The highest BCUT2D eigenvalue weighted by Crippen LogP contribution is 2.21. The summed E-state index contributed by atoms with van der Waals surface area (Å²) in [5, 5.41) is 3.85. The highest BCUT2D eigenvalue weighted by molar-refractivity contribution is 7.11. The van der Waals surface area contributed by atoms with Crippen LogP contribution < -0.4 is 5.32 Å². The van der Waals surface area contributed by atoms with Crippen molar-refractivity contribution in [2.75, 3.05) is 5.32 Å². The molecule has 1 heterocycles. The van der Waals surface area contributed by atoms with Gasteiger partial charge in [0.25, 0.3) is 0 Å². The van der Waals surface area contributed by atoms with Crippen LogP contribution in [-0.4, -0.2) is 4.98 Å². The van der Waals surface area contributed by atoms with Crippen molar-refractivity contribution in [1.82, 2.24) is 4.98 Å². The molecule has 5 heteroatoms. The van der Waals surface area contributed by atoms with E-state index in [-0.39, 0.29) is 5.69 Å². The summed E-state index contributed by atoms with van der Waals surface area (Å²) in [5.41, 5.74) is 1.10. The zero-order chi connectivity index (χ0) is 12.4. The smallest absolute Gasteiger partial charge is 0.181 e. The van der Waals surface area contributed by atoms with E-state index < -0.39 is 11.6 Å². The summed E-state index contributed by atoms with van der Waals surface area (Å²) in [6.07, 6.45) is 0. The molecule has 1 aromatic heterocycles. The Hall–Kier alpha value is -1.49. The second kappa shape index (κ2) is 4.79. The van der Waals surface area contributed by atoms with Crippen molar-refractivity contribution in [1.29, 1.82) is 0 Å². The molecule has 0 unspecified atom stereocenters. The van der Waals surface area contributed by atoms with Gasteiger partial charge >= 0.3 is 0 Å². The standard InChI is InChI=1S/C12H12F2N2S/c1-7-11(17-8(2)16-7)6-15-10-5-3-4-9(13)12(10)14/h3-5,15H,6H2,1-2H3. The lowest BCUT2D eigenvalue weighted by molar-refractivity contribution is 0.511. The fourth-order valence-corrected chi connectivity index (χ4v) is 2.43. The van der Waals surface area contributed by atoms with Crippen LogP contribution in [0.5, 0.6) is 0 Å². The molecule has 0 bridgehead atoms. The van der Waals surface area contributed by atoms with E-state index in [1.807, 2.05) is 13.8 Å². The topological polar surface area (TPSA) is 24.9 Å². The average molecular weight is 254 g/mol. The first-order valence-corrected chi connectivity index (χ1v) is 6.00. The van der Waals surface area contributed by atoms with Gasteiger partial charge in [-0.25, -0.2) is 13.8 Å². The summed E-state index contributed by atoms with van der Waals surface area (Å²) in [7, 11) is 0. The molecule has 0 spiro atoms. The second-order valence-electron chi connectivity index (χ2n) is 3.70. The van der Waals surface area contributed by atoms with Crippen molar-refractivity contribution in [2.24, 2.45) is 0 Å². The Morgan fingerprint density at radius 2 is 2.06 bits per heavy atom. The van der Waals surface area contributed by atoms with Gasteiger partial charge in [0, 0.05) is 4.88 Å². The van der Waals surface area contributed by atoms with Crippen LogP contribution in [0.3, 0.4) is 0 Å². The lowest BCUT2D eigenvalue weighted by atomic mass is 10.3. The van der Waals surface area contributed by atoms with E-state index in [1.165, 1.54) is 12.1 Å². The van der Waals surface area contributed by atoms with E-state index >= 15 is 0 Å². The summed E-state index contributed by atoms with van der Waals surface area (Å²) < 4.78 is 26.3. The van der Waals surface area contributed by atoms with Crippen LogP contribution in [0.2, 0.25) is 0 Å². The number of hydrogen-bond donors (Lipinski definition) is 1. The minimum absolute atomic E-state index is 0.176. The highest BCUT2D eigenvalue weighted by atomic mass is 32.1. The zero-order valence-electron chi connectivity index (χ0n) is 9.55. The number of nitrogens with zero attached hydrogens (tertiary/aromatic N) is 1. The maximum Gasteiger partial charge on any atom is 0.181 e. The Bertz CT molecular complexity index is 537. The number of halogens is 2. The van der Waals surface area contributed by atoms with Gasteiger partial charge in [-0.05, 0) is 26.0 Å². The minimum Gasteiger partial charge on any atom is -0.378 e. The maximum atomic E-state index is 13.4. The van der Waals surface area contributed by atoms with Crippen molar-refractivity contribution in [3.8, 4) is 0 Å². The van der Waals surface area contributed by atoms with Gasteiger partial charge in [0.2, 0.25) is 0 Å². The number of anilines is 1. The first-order valence-electron chi connectivity index (χ1n) is 5.18. The zero-order valence-corrected chi connectivity index (χ0v) is 10.4. The summed E-state index contributed by atoms with van der Waals surface area (Å²) >= 11 is 1.55. The van der Waals surface area contributed by atoms with Gasteiger partial charge in [0.1, 0.15) is 0 Å². The van der Waals surface area contributed by atoms with E-state index in [9.17, 15) is 8.78 Å². The quantitative estimate of drug-likeness (QED) is 0.904. The molecule has 2 nitrogen and oxygen atoms in total. The molecule has 0 saturated carbocycles. The number of aromatic nitrogens is 1. The third kappa shape index (κ3) is 2.61. The van der Waals surface area contributed by atoms with Gasteiger partial charge in [0.05, 0.1) is 22.9 Å². The Morgan fingerprint density at radius 1 is 1.29 bits per heavy atom. The van der Waals surface area contributed by atoms with Gasteiger partial charge in [-0.1, -0.05) is 6.07 Å². The Balaban J connectivity index is 2.12. The monoisotopic (exact) mass is 254 g/mol. The van der Waals surface area contributed by atoms with E-state index in [1.54, 1.807) is 11.3 Å². The third-order valence-electron chi connectivity index (χ3n) is 2.39. The Labute approximate surface area is 102 Å². The van der Waals surface area contributed by atoms with Gasteiger partial charge < -0.3 is 5.32 Å². The first-order chi connectivity index (χ1) is 8.08. The van der Waals surface area contributed by atoms with Gasteiger partial charge in [0.15, 0.2) is 11.6 Å². The maximum absolute atomic E-state index is 13.4. The SMILES string of the molecule is Cc1nc(C)c(CNc2cccc(F)c2F)s1. The molecule has 0 fully saturated rings. The molecule has 2 aromatic rings. The summed E-state index contributed by atoms with van der Waals surface area (Å²) in [5.74, 6) is -1.68. The number of hydrogen-bond acceptors (Lipinski definition) is 3. The fraction of sp³-hybridized carbons (Fsp3) is 0.250. The molecule has 0 radical (unpaired) electrons. The summed E-state index contributed by atoms with van der Waals surface area (Å²) in [6.45, 7) is 4.28. The van der Waals surface area contributed by atoms with Crippen LogP contribution in [0.25, 0.3) is 0 Å². The van der Waals surface area contributed by atoms with Crippen LogP contribution >= 0.6 is 11.3 Å². The number of nitrogens with one attached hydrogen (secondary N) is 1. The molecular formula is C12H12F2N2S. The van der Waals surface area contributed by atoms with Crippen molar-refractivity contribution in [3.63, 3.8) is 0 Å². The van der Waals surface area contributed by atoms with Gasteiger partial charge in [-0.2, -0.15) is 0 Å². The van der Waals surface area contributed by atoms with Crippen LogP contribution in [-0.2, 0) is 6.54 Å². The van der Waals surface area contributed by atoms with Crippen LogP contribution in [0.15, 0.2) is 18.2 Å². The van der Waals surface area contributed by atoms with Crippen molar-refractivity contribution in [2.45, 2.75) is 20.4 Å². The molecule has 0 aliphatic rings. The van der Waals surface area contributed by atoms with E-state index in [4.69, 9.17) is 0 Å². The molecule has 0 amide bonds. The van der Waals surface area contributed by atoms with Crippen molar-refractivity contribution >= 4 is 17.0 Å². The van der Waals surface area contributed by atoms with Crippen LogP contribution in [0.4, 0.5) is 14.5 Å². The molecule has 0 atom stereocenters. The largest absolute Gasteiger partial charge is 0.378 e. The summed E-state index contributed by atoms with van der Waals surface area (Å²) in [6, 6.07) is 4.09. The number of thiazole rings is 1. The molecule has 17 heavy (non-hydrogen) atoms. The predicted molar refractivity (Wildman–Crippen MR) is 65.3 cm³/mol. The molecular weight excluding hydrogens is 242 g/mol. The first kappa shape index (κ1) is 12.0. The van der Waals surface area contributed by atoms with E-state index in [2.05, 4.69) is 10.3 Å². The van der Waals surface area contributed by atoms with Gasteiger partial charge in [-0.3, -0.25) is 0 Å². The lowest BCUT2D eigenvalue weighted by Crippen LogP contribution is -2.02. The van der Waals surface area contributed by atoms with Crippen molar-refractivity contribution < 1.29 is 8.78 Å². The van der Waals surface area contributed by atoms with E-state index in [0.717, 1.165) is 21.6 Å². The second-order valence-corrected chi connectivity index (χ2v) is 4.98. The average Bonchev–Trinajstić information content (AvgIpc) is 2.60. The van der Waals surface area contributed by atoms with Crippen LogP contribution in [0.1, 0.15) is 15.6 Å². The van der Waals surface area contributed by atoms with Gasteiger partial charge in [-0.15, -0.1) is 11.3 Å². The lowest BCUT2D eigenvalue weighted by Gasteiger charge is -2.06. The Kier molecular flexibility index (Phi) is 3.38. The minimum atomic E-state index is -0.841. The number of aryl methyl sites for hydroxylation is 2. The molecule has 0 aliphatic carbocycles. The van der Waals surface area contributed by atoms with Crippen LogP contribution in [0, 0.1) is 25.5 Å². The molecule has 2 rings (SSSR count). The molecule has 90 valence electrons. The third-order valence-corrected chi connectivity index (χ3v) is 3.46. The predicted octanol–water partition coefficient (Wildman–Crippen LogP) is 3.65. The number of rotatable bonds is 3. The van der Waals surface area contributed by atoms with Crippen molar-refractivity contribution in [3.05, 3.63) is 45.4 Å². The fourth-order valence-electron chi connectivity index (χ4n) is 1.55. The highest BCUT2D eigenvalue weighted by Gasteiger charge is 2.09. The molecule has 0 aliphatic heterocycles. The van der Waals surface area contributed by atoms with E-state index in [0.29, 0.717) is 6.54 Å². The Morgan fingerprint density at radius 3 is 2.71 bits per heavy atom. The molecule has 0 saturated heterocycles.